The summed E-state index contributed by atoms with van der Waals surface area (Å²) in [5.74, 6) is 0. The molecule has 0 amide bonds. The summed E-state index contributed by atoms with van der Waals surface area (Å²) in [6.45, 7) is 0. The minimum atomic E-state index is 0.973. The molecule has 0 aliphatic rings. The molecule has 16 heavy (non-hydrogen) atoms. The molecule has 0 spiro atoms. The predicted molar refractivity (Wildman–Crippen MR) is 69.2 cm³/mol. The molecule has 1 N–H and O–H groups in total. The number of hydrogen-bond donors (Lipinski definition) is 1. The van der Waals surface area contributed by atoms with Crippen LogP contribution in [0, 0.1) is 0 Å². The van der Waals surface area contributed by atoms with Crippen molar-refractivity contribution in [1.82, 2.24) is 10.2 Å². The van der Waals surface area contributed by atoms with Gasteiger partial charge in [-0.05, 0) is 22.0 Å². The smallest absolute Gasteiger partial charge is 0.107 e. The standard InChI is InChI=1S/C13H9BrN2/c14-11-8-4-7-10-12(15-16-13(10)11)9-5-2-1-3-6-9/h1-8H,(H,15,16). The Morgan fingerprint density at radius 2 is 1.75 bits per heavy atom. The van der Waals surface area contributed by atoms with Crippen LogP contribution in [0.4, 0.5) is 0 Å². The van der Waals surface area contributed by atoms with E-state index in [2.05, 4.69) is 44.3 Å². The van der Waals surface area contributed by atoms with E-state index in [1.165, 1.54) is 0 Å². The van der Waals surface area contributed by atoms with Gasteiger partial charge < -0.3 is 0 Å². The summed E-state index contributed by atoms with van der Waals surface area (Å²) in [5.41, 5.74) is 3.20. The fraction of sp³-hybridized carbons (Fsp3) is 0. The molecular formula is C13H9BrN2. The molecule has 3 heteroatoms. The first-order valence-corrected chi connectivity index (χ1v) is 5.83. The van der Waals surface area contributed by atoms with Crippen LogP contribution in [0.5, 0.6) is 0 Å². The predicted octanol–water partition coefficient (Wildman–Crippen LogP) is 3.99. The van der Waals surface area contributed by atoms with E-state index in [1.807, 2.05) is 30.3 Å². The average molecular weight is 273 g/mol. The molecule has 78 valence electrons. The number of rotatable bonds is 1. The lowest BCUT2D eigenvalue weighted by Crippen LogP contribution is -1.77. The van der Waals surface area contributed by atoms with Crippen molar-refractivity contribution in [1.29, 1.82) is 0 Å². The lowest BCUT2D eigenvalue weighted by atomic mass is 10.1. The van der Waals surface area contributed by atoms with E-state index in [4.69, 9.17) is 0 Å². The molecule has 0 aliphatic heterocycles. The first kappa shape index (κ1) is 9.60. The average Bonchev–Trinajstić information content (AvgIpc) is 2.75. The van der Waals surface area contributed by atoms with Gasteiger partial charge >= 0.3 is 0 Å². The zero-order chi connectivity index (χ0) is 11.0. The SMILES string of the molecule is Brc1cccc2c(-c3ccccc3)[nH]nc12. The van der Waals surface area contributed by atoms with Crippen LogP contribution in [0.15, 0.2) is 53.0 Å². The zero-order valence-corrected chi connectivity index (χ0v) is 10.0. The molecule has 0 aliphatic carbocycles. The van der Waals surface area contributed by atoms with Crippen LogP contribution in [0.25, 0.3) is 22.2 Å². The van der Waals surface area contributed by atoms with E-state index < -0.39 is 0 Å². The summed E-state index contributed by atoms with van der Waals surface area (Å²) in [7, 11) is 0. The number of fused-ring (bicyclic) bond motifs is 1. The van der Waals surface area contributed by atoms with Gasteiger partial charge in [0.05, 0.1) is 5.69 Å². The fourth-order valence-corrected chi connectivity index (χ4v) is 2.28. The van der Waals surface area contributed by atoms with Gasteiger partial charge in [-0.3, -0.25) is 5.10 Å². The third kappa shape index (κ3) is 1.44. The Morgan fingerprint density at radius 3 is 2.56 bits per heavy atom. The Bertz CT molecular complexity index is 629. The van der Waals surface area contributed by atoms with Gasteiger partial charge in [0.25, 0.3) is 0 Å². The molecule has 1 heterocycles. The number of aromatic nitrogens is 2. The molecule has 1 aromatic heterocycles. The highest BCUT2D eigenvalue weighted by atomic mass is 79.9. The van der Waals surface area contributed by atoms with Crippen molar-refractivity contribution in [2.24, 2.45) is 0 Å². The maximum Gasteiger partial charge on any atom is 0.107 e. The number of H-pyrrole nitrogens is 1. The summed E-state index contributed by atoms with van der Waals surface area (Å²) in [6, 6.07) is 16.3. The monoisotopic (exact) mass is 272 g/mol. The molecule has 3 aromatic rings. The second-order valence-electron chi connectivity index (χ2n) is 3.60. The van der Waals surface area contributed by atoms with Crippen molar-refractivity contribution in [2.75, 3.05) is 0 Å². The number of hydrogen-bond acceptors (Lipinski definition) is 1. The summed E-state index contributed by atoms with van der Waals surface area (Å²) in [6.07, 6.45) is 0. The Morgan fingerprint density at radius 1 is 0.938 bits per heavy atom. The van der Waals surface area contributed by atoms with Crippen molar-refractivity contribution < 1.29 is 0 Å². The third-order valence-corrected chi connectivity index (χ3v) is 3.24. The molecule has 0 atom stereocenters. The maximum absolute atomic E-state index is 4.32. The number of aromatic amines is 1. The number of para-hydroxylation sites is 1. The van der Waals surface area contributed by atoms with Gasteiger partial charge in [0.2, 0.25) is 0 Å². The van der Waals surface area contributed by atoms with E-state index in [9.17, 15) is 0 Å². The number of halogens is 1. The van der Waals surface area contributed by atoms with Crippen molar-refractivity contribution in [2.45, 2.75) is 0 Å². The van der Waals surface area contributed by atoms with E-state index in [-0.39, 0.29) is 0 Å². The van der Waals surface area contributed by atoms with Gasteiger partial charge in [-0.25, -0.2) is 0 Å². The highest BCUT2D eigenvalue weighted by Gasteiger charge is 2.08. The summed E-state index contributed by atoms with van der Waals surface area (Å²) < 4.78 is 1.02. The molecular weight excluding hydrogens is 264 g/mol. The molecule has 0 fully saturated rings. The minimum Gasteiger partial charge on any atom is -0.277 e. The van der Waals surface area contributed by atoms with Crippen LogP contribution in [0.2, 0.25) is 0 Å². The molecule has 0 bridgehead atoms. The molecule has 0 saturated carbocycles. The topological polar surface area (TPSA) is 28.7 Å². The lowest BCUT2D eigenvalue weighted by Gasteiger charge is -1.97. The van der Waals surface area contributed by atoms with Crippen molar-refractivity contribution in [3.63, 3.8) is 0 Å². The highest BCUT2D eigenvalue weighted by molar-refractivity contribution is 9.10. The van der Waals surface area contributed by atoms with Gasteiger partial charge in [0, 0.05) is 15.4 Å². The summed E-state index contributed by atoms with van der Waals surface area (Å²) in [4.78, 5) is 0. The first-order valence-electron chi connectivity index (χ1n) is 5.04. The number of benzene rings is 2. The normalized spacial score (nSPS) is 10.8. The molecule has 0 radical (unpaired) electrons. The van der Waals surface area contributed by atoms with Gasteiger partial charge in [0.15, 0.2) is 0 Å². The van der Waals surface area contributed by atoms with Gasteiger partial charge in [-0.1, -0.05) is 42.5 Å². The van der Waals surface area contributed by atoms with Gasteiger partial charge in [-0.15, -0.1) is 0 Å². The van der Waals surface area contributed by atoms with E-state index in [1.54, 1.807) is 0 Å². The molecule has 3 rings (SSSR count). The quantitative estimate of drug-likeness (QED) is 0.713. The van der Waals surface area contributed by atoms with Crippen LogP contribution >= 0.6 is 15.9 Å². The Kier molecular flexibility index (Phi) is 2.26. The van der Waals surface area contributed by atoms with Crippen molar-refractivity contribution in [3.8, 4) is 11.3 Å². The van der Waals surface area contributed by atoms with Gasteiger partial charge in [0.1, 0.15) is 5.52 Å². The summed E-state index contributed by atoms with van der Waals surface area (Å²) in [5, 5.41) is 8.55. The number of nitrogens with zero attached hydrogens (tertiary/aromatic N) is 1. The Labute approximate surface area is 101 Å². The van der Waals surface area contributed by atoms with E-state index in [0.29, 0.717) is 0 Å². The van der Waals surface area contributed by atoms with Crippen LogP contribution in [-0.2, 0) is 0 Å². The van der Waals surface area contributed by atoms with Crippen molar-refractivity contribution >= 4 is 26.8 Å². The van der Waals surface area contributed by atoms with Gasteiger partial charge in [-0.2, -0.15) is 5.10 Å². The largest absolute Gasteiger partial charge is 0.277 e. The summed E-state index contributed by atoms with van der Waals surface area (Å²) >= 11 is 3.50. The molecule has 0 unspecified atom stereocenters. The zero-order valence-electron chi connectivity index (χ0n) is 8.44. The Hall–Kier alpha value is -1.61. The second kappa shape index (κ2) is 3.76. The maximum atomic E-state index is 4.32. The van der Waals surface area contributed by atoms with E-state index in [0.717, 1.165) is 26.6 Å². The fourth-order valence-electron chi connectivity index (χ4n) is 1.83. The molecule has 0 saturated heterocycles. The molecule has 2 nitrogen and oxygen atoms in total. The first-order chi connectivity index (χ1) is 7.86. The second-order valence-corrected chi connectivity index (χ2v) is 4.45. The van der Waals surface area contributed by atoms with Crippen molar-refractivity contribution in [3.05, 3.63) is 53.0 Å². The van der Waals surface area contributed by atoms with Crippen LogP contribution in [-0.4, -0.2) is 10.2 Å². The van der Waals surface area contributed by atoms with E-state index >= 15 is 0 Å². The lowest BCUT2D eigenvalue weighted by molar-refractivity contribution is 1.12. The van der Waals surface area contributed by atoms with Crippen LogP contribution in [0.3, 0.4) is 0 Å². The van der Waals surface area contributed by atoms with Crippen LogP contribution < -0.4 is 0 Å². The third-order valence-electron chi connectivity index (χ3n) is 2.60. The molecule has 2 aromatic carbocycles. The van der Waals surface area contributed by atoms with Crippen LogP contribution in [0.1, 0.15) is 0 Å². The Balaban J connectivity index is 2.30. The minimum absolute atomic E-state index is 0.973. The highest BCUT2D eigenvalue weighted by Crippen LogP contribution is 2.29. The number of nitrogens with one attached hydrogen (secondary N) is 1.